The lowest BCUT2D eigenvalue weighted by Gasteiger charge is -2.05. The van der Waals surface area contributed by atoms with Crippen LogP contribution in [0, 0.1) is 17.0 Å². The lowest BCUT2D eigenvalue weighted by molar-refractivity contribution is -0.386. The second kappa shape index (κ2) is 4.00. The highest BCUT2D eigenvalue weighted by molar-refractivity contribution is 9.10. The van der Waals surface area contributed by atoms with Gasteiger partial charge in [-0.1, -0.05) is 15.9 Å². The summed E-state index contributed by atoms with van der Waals surface area (Å²) in [5.74, 6) is 0. The molecule has 0 fully saturated rings. The molecule has 0 amide bonds. The van der Waals surface area contributed by atoms with Crippen LogP contribution in [0.5, 0.6) is 0 Å². The number of nitro groups is 1. The molecule has 0 N–H and O–H groups in total. The van der Waals surface area contributed by atoms with E-state index in [0.717, 1.165) is 6.07 Å². The first-order chi connectivity index (χ1) is 6.45. The Bertz CT molecular complexity index is 382. The molecule has 1 aromatic carbocycles. The fourth-order valence-electron chi connectivity index (χ4n) is 1.11. The predicted octanol–water partition coefficient (Wildman–Crippen LogP) is 3.60. The molecule has 0 aromatic heterocycles. The van der Waals surface area contributed by atoms with E-state index < -0.39 is 22.6 Å². The van der Waals surface area contributed by atoms with E-state index in [2.05, 4.69) is 15.9 Å². The molecule has 76 valence electrons. The van der Waals surface area contributed by atoms with Gasteiger partial charge in [-0.3, -0.25) is 10.1 Å². The molecule has 0 atom stereocenters. The average molecular weight is 266 g/mol. The van der Waals surface area contributed by atoms with Crippen LogP contribution in [0.1, 0.15) is 17.6 Å². The third kappa shape index (κ3) is 1.89. The van der Waals surface area contributed by atoms with Crippen molar-refractivity contribution in [1.82, 2.24) is 0 Å². The Morgan fingerprint density at radius 2 is 2.07 bits per heavy atom. The molecule has 1 aromatic rings. The Morgan fingerprint density at radius 3 is 2.50 bits per heavy atom. The van der Waals surface area contributed by atoms with Crippen molar-refractivity contribution in [2.24, 2.45) is 0 Å². The van der Waals surface area contributed by atoms with Crippen molar-refractivity contribution >= 4 is 21.6 Å². The Kier molecular flexibility index (Phi) is 3.15. The maximum atomic E-state index is 12.4. The number of halogens is 3. The molecule has 14 heavy (non-hydrogen) atoms. The minimum Gasteiger partial charge on any atom is -0.258 e. The summed E-state index contributed by atoms with van der Waals surface area (Å²) in [6.45, 7) is 1.42. The van der Waals surface area contributed by atoms with Crippen molar-refractivity contribution in [3.05, 3.63) is 37.8 Å². The lowest BCUT2D eigenvalue weighted by Crippen LogP contribution is -1.99. The first kappa shape index (κ1) is 11.0. The van der Waals surface area contributed by atoms with E-state index in [9.17, 15) is 18.9 Å². The Hall–Kier alpha value is -1.04. The van der Waals surface area contributed by atoms with Gasteiger partial charge in [0.15, 0.2) is 0 Å². The summed E-state index contributed by atoms with van der Waals surface area (Å²) in [5, 5.41) is 10.6. The quantitative estimate of drug-likeness (QED) is 0.606. The highest BCUT2D eigenvalue weighted by Crippen LogP contribution is 2.35. The first-order valence-corrected chi connectivity index (χ1v) is 4.46. The van der Waals surface area contributed by atoms with Crippen LogP contribution in [0.25, 0.3) is 0 Å². The summed E-state index contributed by atoms with van der Waals surface area (Å²) in [6.07, 6.45) is -2.83. The van der Waals surface area contributed by atoms with Gasteiger partial charge in [0.1, 0.15) is 0 Å². The Morgan fingerprint density at radius 1 is 1.50 bits per heavy atom. The normalized spacial score (nSPS) is 10.6. The van der Waals surface area contributed by atoms with Crippen molar-refractivity contribution in [1.29, 1.82) is 0 Å². The predicted molar refractivity (Wildman–Crippen MR) is 50.5 cm³/mol. The van der Waals surface area contributed by atoms with Gasteiger partial charge in [0, 0.05) is 10.0 Å². The number of nitrogens with zero attached hydrogens (tertiary/aromatic N) is 1. The molecule has 0 spiro atoms. The number of hydrogen-bond acceptors (Lipinski definition) is 2. The van der Waals surface area contributed by atoms with Crippen molar-refractivity contribution in [2.75, 3.05) is 0 Å². The molecule has 6 heteroatoms. The first-order valence-electron chi connectivity index (χ1n) is 3.66. The van der Waals surface area contributed by atoms with Crippen LogP contribution in [0.4, 0.5) is 14.5 Å². The summed E-state index contributed by atoms with van der Waals surface area (Å²) in [4.78, 5) is 9.76. The van der Waals surface area contributed by atoms with Crippen LogP contribution in [-0.4, -0.2) is 4.92 Å². The van der Waals surface area contributed by atoms with Gasteiger partial charge in [-0.05, 0) is 19.1 Å². The number of alkyl halides is 2. The van der Waals surface area contributed by atoms with E-state index in [1.54, 1.807) is 0 Å². The van der Waals surface area contributed by atoms with Crippen LogP contribution in [-0.2, 0) is 0 Å². The van der Waals surface area contributed by atoms with Gasteiger partial charge in [-0.25, -0.2) is 8.78 Å². The topological polar surface area (TPSA) is 43.1 Å². The van der Waals surface area contributed by atoms with Gasteiger partial charge in [-0.2, -0.15) is 0 Å². The van der Waals surface area contributed by atoms with Crippen LogP contribution in [0.15, 0.2) is 16.6 Å². The van der Waals surface area contributed by atoms with E-state index >= 15 is 0 Å². The number of hydrogen-bond donors (Lipinski definition) is 0. The highest BCUT2D eigenvalue weighted by Gasteiger charge is 2.24. The van der Waals surface area contributed by atoms with Crippen LogP contribution in [0.3, 0.4) is 0 Å². The second-order valence-electron chi connectivity index (χ2n) is 2.67. The maximum Gasteiger partial charge on any atom is 0.282 e. The zero-order chi connectivity index (χ0) is 10.9. The van der Waals surface area contributed by atoms with Crippen molar-refractivity contribution in [3.63, 3.8) is 0 Å². The molecule has 0 aliphatic heterocycles. The zero-order valence-corrected chi connectivity index (χ0v) is 8.72. The zero-order valence-electron chi connectivity index (χ0n) is 7.13. The molecule has 0 heterocycles. The molecule has 0 radical (unpaired) electrons. The lowest BCUT2D eigenvalue weighted by atomic mass is 10.1. The van der Waals surface area contributed by atoms with E-state index in [1.165, 1.54) is 13.0 Å². The molecule has 0 bridgehead atoms. The van der Waals surface area contributed by atoms with Gasteiger partial charge in [-0.15, -0.1) is 0 Å². The summed E-state index contributed by atoms with van der Waals surface area (Å²) in [5.41, 5.74) is -0.849. The van der Waals surface area contributed by atoms with E-state index in [-0.39, 0.29) is 5.56 Å². The fraction of sp³-hybridized carbons (Fsp3) is 0.250. The molecule has 0 saturated heterocycles. The molecule has 0 unspecified atom stereocenters. The molecule has 0 saturated carbocycles. The monoisotopic (exact) mass is 265 g/mol. The van der Waals surface area contributed by atoms with Crippen LogP contribution < -0.4 is 0 Å². The molecule has 0 aliphatic carbocycles. The number of rotatable bonds is 2. The Labute approximate surface area is 87.0 Å². The fourth-order valence-corrected chi connectivity index (χ4v) is 1.43. The molecule has 1 rings (SSSR count). The number of nitro benzene ring substituents is 1. The van der Waals surface area contributed by atoms with Gasteiger partial charge < -0.3 is 0 Å². The third-order valence-electron chi connectivity index (χ3n) is 1.81. The number of benzene rings is 1. The van der Waals surface area contributed by atoms with Crippen LogP contribution >= 0.6 is 15.9 Å². The van der Waals surface area contributed by atoms with E-state index in [4.69, 9.17) is 0 Å². The average Bonchev–Trinajstić information content (AvgIpc) is 2.08. The molecular weight excluding hydrogens is 260 g/mol. The summed E-state index contributed by atoms with van der Waals surface area (Å²) < 4.78 is 25.2. The van der Waals surface area contributed by atoms with Gasteiger partial charge in [0.05, 0.1) is 10.5 Å². The van der Waals surface area contributed by atoms with Crippen LogP contribution in [0.2, 0.25) is 0 Å². The van der Waals surface area contributed by atoms with Crippen molar-refractivity contribution < 1.29 is 13.7 Å². The molecule has 0 aliphatic rings. The third-order valence-corrected chi connectivity index (χ3v) is 2.67. The van der Waals surface area contributed by atoms with E-state index in [0.29, 0.717) is 4.47 Å². The minimum absolute atomic E-state index is 0.216. The second-order valence-corrected chi connectivity index (χ2v) is 3.52. The summed E-state index contributed by atoms with van der Waals surface area (Å²) in [6, 6.07) is 2.43. The standard InChI is InChI=1S/C8H6BrF2NO2/c1-4-6(9)3-2-5(8(10)11)7(4)12(13)14/h2-3,8H,1H3. The molecular formula is C8H6BrF2NO2. The summed E-state index contributed by atoms with van der Waals surface area (Å²) >= 11 is 3.05. The van der Waals surface area contributed by atoms with Crippen molar-refractivity contribution in [3.8, 4) is 0 Å². The smallest absolute Gasteiger partial charge is 0.258 e. The van der Waals surface area contributed by atoms with Gasteiger partial charge in [0.2, 0.25) is 0 Å². The van der Waals surface area contributed by atoms with E-state index in [1.807, 2.05) is 0 Å². The Balaban J connectivity index is 3.45. The van der Waals surface area contributed by atoms with Gasteiger partial charge in [0.25, 0.3) is 12.1 Å². The minimum atomic E-state index is -2.83. The molecule has 3 nitrogen and oxygen atoms in total. The maximum absolute atomic E-state index is 12.4. The summed E-state index contributed by atoms with van der Waals surface area (Å²) in [7, 11) is 0. The largest absolute Gasteiger partial charge is 0.282 e. The SMILES string of the molecule is Cc1c(Br)ccc(C(F)F)c1[N+](=O)[O-]. The van der Waals surface area contributed by atoms with Gasteiger partial charge >= 0.3 is 0 Å². The highest BCUT2D eigenvalue weighted by atomic mass is 79.9. The van der Waals surface area contributed by atoms with Crippen molar-refractivity contribution in [2.45, 2.75) is 13.3 Å².